The standard InChI is InChI=1S/C21H33N5O2.HI/c1-5-22-21(23-13-17-12-18(15(2)3)25-28-17)24-14-19(26-10-6-7-11-26)20-9-8-16(4)27-20;/h8-9,12,15,19H,5-7,10-11,13-14H2,1-4H3,(H2,22,23,24);1H. The summed E-state index contributed by atoms with van der Waals surface area (Å²) in [5.41, 5.74) is 0.963. The van der Waals surface area contributed by atoms with Crippen LogP contribution in [0.15, 0.2) is 32.1 Å². The monoisotopic (exact) mass is 515 g/mol. The third kappa shape index (κ3) is 6.74. The fourth-order valence-corrected chi connectivity index (χ4v) is 3.46. The topological polar surface area (TPSA) is 78.8 Å². The molecule has 2 aromatic heterocycles. The molecular weight excluding hydrogens is 481 g/mol. The number of furan rings is 1. The fraction of sp³-hybridized carbons (Fsp3) is 0.619. The van der Waals surface area contributed by atoms with Crippen molar-refractivity contribution in [3.8, 4) is 0 Å². The lowest BCUT2D eigenvalue weighted by Gasteiger charge is -2.26. The molecule has 0 bridgehead atoms. The Kier molecular flexibility index (Phi) is 9.48. The Labute approximate surface area is 190 Å². The van der Waals surface area contributed by atoms with Crippen LogP contribution in [0.3, 0.4) is 0 Å². The molecule has 3 rings (SSSR count). The van der Waals surface area contributed by atoms with Crippen LogP contribution in [0.2, 0.25) is 0 Å². The Morgan fingerprint density at radius 1 is 1.24 bits per heavy atom. The first-order valence-electron chi connectivity index (χ1n) is 10.3. The Bertz CT molecular complexity index is 765. The first-order valence-corrected chi connectivity index (χ1v) is 10.3. The highest BCUT2D eigenvalue weighted by molar-refractivity contribution is 14.0. The third-order valence-corrected chi connectivity index (χ3v) is 5.04. The summed E-state index contributed by atoms with van der Waals surface area (Å²) in [6.07, 6.45) is 2.49. The van der Waals surface area contributed by atoms with Gasteiger partial charge in [0.2, 0.25) is 0 Å². The Morgan fingerprint density at radius 3 is 2.59 bits per heavy atom. The van der Waals surface area contributed by atoms with E-state index in [1.54, 1.807) is 0 Å². The molecule has 0 aromatic carbocycles. The van der Waals surface area contributed by atoms with Crippen molar-refractivity contribution in [3.05, 3.63) is 41.2 Å². The van der Waals surface area contributed by atoms with E-state index in [1.165, 1.54) is 12.8 Å². The van der Waals surface area contributed by atoms with Crippen LogP contribution in [0.1, 0.15) is 68.5 Å². The van der Waals surface area contributed by atoms with E-state index in [0.717, 1.165) is 55.1 Å². The molecule has 162 valence electrons. The van der Waals surface area contributed by atoms with Gasteiger partial charge in [-0.2, -0.15) is 0 Å². The molecule has 0 amide bonds. The van der Waals surface area contributed by atoms with E-state index >= 15 is 0 Å². The van der Waals surface area contributed by atoms with Crippen LogP contribution < -0.4 is 10.6 Å². The molecule has 0 saturated carbocycles. The highest BCUT2D eigenvalue weighted by Crippen LogP contribution is 2.26. The average molecular weight is 515 g/mol. The van der Waals surface area contributed by atoms with Gasteiger partial charge in [0, 0.05) is 19.2 Å². The third-order valence-electron chi connectivity index (χ3n) is 5.04. The molecule has 1 atom stereocenters. The number of nitrogens with one attached hydrogen (secondary N) is 2. The zero-order valence-electron chi connectivity index (χ0n) is 17.9. The first-order chi connectivity index (χ1) is 13.6. The van der Waals surface area contributed by atoms with Crippen LogP contribution in [-0.4, -0.2) is 42.2 Å². The van der Waals surface area contributed by atoms with E-state index in [-0.39, 0.29) is 30.0 Å². The lowest BCUT2D eigenvalue weighted by atomic mass is 10.1. The van der Waals surface area contributed by atoms with Crippen molar-refractivity contribution >= 4 is 29.9 Å². The normalized spacial score (nSPS) is 16.1. The lowest BCUT2D eigenvalue weighted by molar-refractivity contribution is 0.213. The number of aryl methyl sites for hydroxylation is 1. The van der Waals surface area contributed by atoms with Gasteiger partial charge in [0.1, 0.15) is 18.1 Å². The zero-order chi connectivity index (χ0) is 19.9. The van der Waals surface area contributed by atoms with E-state index < -0.39 is 0 Å². The SMILES string of the molecule is CCNC(=NCc1cc(C(C)C)no1)NCC(c1ccc(C)o1)N1CCCC1.I. The van der Waals surface area contributed by atoms with E-state index in [0.29, 0.717) is 12.5 Å². The van der Waals surface area contributed by atoms with E-state index in [2.05, 4.69) is 52.5 Å². The molecule has 1 saturated heterocycles. The largest absolute Gasteiger partial charge is 0.465 e. The van der Waals surface area contributed by atoms with Gasteiger partial charge in [0.15, 0.2) is 11.7 Å². The van der Waals surface area contributed by atoms with Gasteiger partial charge in [-0.15, -0.1) is 24.0 Å². The molecule has 0 spiro atoms. The summed E-state index contributed by atoms with van der Waals surface area (Å²) < 4.78 is 11.3. The molecule has 1 unspecified atom stereocenters. The van der Waals surface area contributed by atoms with Crippen molar-refractivity contribution in [2.24, 2.45) is 4.99 Å². The predicted octanol–water partition coefficient (Wildman–Crippen LogP) is 4.21. The summed E-state index contributed by atoms with van der Waals surface area (Å²) in [6.45, 7) is 12.5. The number of aliphatic imine (C=N–C) groups is 1. The summed E-state index contributed by atoms with van der Waals surface area (Å²) in [6, 6.07) is 6.31. The van der Waals surface area contributed by atoms with E-state index in [4.69, 9.17) is 8.94 Å². The van der Waals surface area contributed by atoms with E-state index in [9.17, 15) is 0 Å². The molecule has 1 aliphatic rings. The number of guanidine groups is 1. The smallest absolute Gasteiger partial charge is 0.191 e. The van der Waals surface area contributed by atoms with Crippen molar-refractivity contribution in [2.45, 2.75) is 59.0 Å². The summed E-state index contributed by atoms with van der Waals surface area (Å²) in [5.74, 6) is 3.87. The predicted molar refractivity (Wildman–Crippen MR) is 126 cm³/mol. The van der Waals surface area contributed by atoms with Crippen molar-refractivity contribution in [2.75, 3.05) is 26.2 Å². The van der Waals surface area contributed by atoms with Crippen molar-refractivity contribution in [1.82, 2.24) is 20.7 Å². The lowest BCUT2D eigenvalue weighted by Crippen LogP contribution is -2.42. The van der Waals surface area contributed by atoms with Crippen LogP contribution in [0, 0.1) is 6.92 Å². The van der Waals surface area contributed by atoms with Gasteiger partial charge < -0.3 is 19.6 Å². The number of halogens is 1. The van der Waals surface area contributed by atoms with Crippen LogP contribution >= 0.6 is 24.0 Å². The van der Waals surface area contributed by atoms with Gasteiger partial charge in [-0.05, 0) is 57.8 Å². The molecule has 2 N–H and O–H groups in total. The van der Waals surface area contributed by atoms with Crippen LogP contribution in [0.5, 0.6) is 0 Å². The zero-order valence-corrected chi connectivity index (χ0v) is 20.2. The number of nitrogens with zero attached hydrogens (tertiary/aromatic N) is 3. The highest BCUT2D eigenvalue weighted by atomic mass is 127. The molecule has 3 heterocycles. The molecule has 29 heavy (non-hydrogen) atoms. The Morgan fingerprint density at radius 2 is 2.00 bits per heavy atom. The van der Waals surface area contributed by atoms with Gasteiger partial charge in [0.05, 0.1) is 11.7 Å². The first kappa shape index (κ1) is 23.7. The van der Waals surface area contributed by atoms with Gasteiger partial charge in [-0.3, -0.25) is 4.90 Å². The maximum absolute atomic E-state index is 5.94. The van der Waals surface area contributed by atoms with Crippen molar-refractivity contribution in [1.29, 1.82) is 0 Å². The van der Waals surface area contributed by atoms with Gasteiger partial charge in [-0.1, -0.05) is 19.0 Å². The second-order valence-corrected chi connectivity index (χ2v) is 7.66. The number of likely N-dealkylation sites (tertiary alicyclic amines) is 1. The minimum atomic E-state index is 0. The van der Waals surface area contributed by atoms with Gasteiger partial charge in [0.25, 0.3) is 0 Å². The average Bonchev–Trinajstić information content (AvgIpc) is 3.42. The summed E-state index contributed by atoms with van der Waals surface area (Å²) in [7, 11) is 0. The molecule has 0 aliphatic carbocycles. The minimum Gasteiger partial charge on any atom is -0.465 e. The maximum atomic E-state index is 5.94. The number of hydrogen-bond donors (Lipinski definition) is 2. The van der Waals surface area contributed by atoms with Crippen LogP contribution in [0.4, 0.5) is 0 Å². The van der Waals surface area contributed by atoms with Gasteiger partial charge in [-0.25, -0.2) is 4.99 Å². The number of rotatable bonds is 8. The molecule has 2 aromatic rings. The van der Waals surface area contributed by atoms with Crippen LogP contribution in [-0.2, 0) is 6.54 Å². The molecule has 7 nitrogen and oxygen atoms in total. The highest BCUT2D eigenvalue weighted by Gasteiger charge is 2.26. The Hall–Kier alpha value is -1.55. The number of hydrogen-bond acceptors (Lipinski definition) is 5. The number of aromatic nitrogens is 1. The molecular formula is C21H34IN5O2. The minimum absolute atomic E-state index is 0. The Balaban J connectivity index is 0.00000300. The molecule has 1 fully saturated rings. The molecule has 0 radical (unpaired) electrons. The molecule has 8 heteroatoms. The quantitative estimate of drug-likeness (QED) is 0.312. The maximum Gasteiger partial charge on any atom is 0.191 e. The summed E-state index contributed by atoms with van der Waals surface area (Å²) in [5, 5.41) is 10.9. The summed E-state index contributed by atoms with van der Waals surface area (Å²) in [4.78, 5) is 7.15. The fourth-order valence-electron chi connectivity index (χ4n) is 3.46. The summed E-state index contributed by atoms with van der Waals surface area (Å²) >= 11 is 0. The second kappa shape index (κ2) is 11.6. The molecule has 1 aliphatic heterocycles. The van der Waals surface area contributed by atoms with E-state index in [1.807, 2.05) is 19.1 Å². The van der Waals surface area contributed by atoms with Crippen molar-refractivity contribution < 1.29 is 8.94 Å². The van der Waals surface area contributed by atoms with Crippen LogP contribution in [0.25, 0.3) is 0 Å². The van der Waals surface area contributed by atoms with Gasteiger partial charge >= 0.3 is 0 Å². The second-order valence-electron chi connectivity index (χ2n) is 7.66. The van der Waals surface area contributed by atoms with Crippen molar-refractivity contribution in [3.63, 3.8) is 0 Å².